The fourth-order valence-corrected chi connectivity index (χ4v) is 4.92. The number of hydrogen-bond acceptors (Lipinski definition) is 6. The molecule has 1 atom stereocenters. The van der Waals surface area contributed by atoms with Crippen molar-refractivity contribution in [3.63, 3.8) is 0 Å². The number of anilines is 1. The van der Waals surface area contributed by atoms with Crippen LogP contribution in [0.25, 0.3) is 0 Å². The van der Waals surface area contributed by atoms with Gasteiger partial charge in [-0.05, 0) is 30.7 Å². The highest BCUT2D eigenvalue weighted by Gasteiger charge is 2.28. The van der Waals surface area contributed by atoms with Gasteiger partial charge in [-0.15, -0.1) is 4.36 Å². The van der Waals surface area contributed by atoms with E-state index in [0.29, 0.717) is 36.3 Å². The standard InChI is InChI=1S/C19H26N6O4S/c1-11(2)15-16(12-6-4-7-13(12)17(22-15)28-3)23-19(26)24-30(20,27)14-10-21-25-8-5-9-29-18(14)25/h10-11H,4-9H2,1-3H3,(H3,20,23,24,26,27). The molecule has 2 amide bonds. The number of fused-ring (bicyclic) bond motifs is 2. The molecule has 0 bridgehead atoms. The van der Waals surface area contributed by atoms with Crippen molar-refractivity contribution in [1.29, 1.82) is 0 Å². The zero-order chi connectivity index (χ0) is 21.5. The number of amides is 2. The lowest BCUT2D eigenvalue weighted by Gasteiger charge is -2.18. The maximum atomic E-state index is 13.1. The third kappa shape index (κ3) is 3.63. The van der Waals surface area contributed by atoms with Crippen LogP contribution in [-0.2, 0) is 29.3 Å². The largest absolute Gasteiger partial charge is 0.481 e. The predicted molar refractivity (Wildman–Crippen MR) is 111 cm³/mol. The van der Waals surface area contributed by atoms with Crippen LogP contribution in [0.2, 0.25) is 0 Å². The van der Waals surface area contributed by atoms with Gasteiger partial charge in [0.15, 0.2) is 9.92 Å². The molecule has 0 saturated heterocycles. The van der Waals surface area contributed by atoms with Crippen LogP contribution in [0.1, 0.15) is 49.4 Å². The van der Waals surface area contributed by atoms with Gasteiger partial charge in [0.2, 0.25) is 11.8 Å². The van der Waals surface area contributed by atoms with E-state index in [0.717, 1.165) is 36.8 Å². The molecule has 162 valence electrons. The van der Waals surface area contributed by atoms with E-state index >= 15 is 0 Å². The molecule has 3 N–H and O–H groups in total. The van der Waals surface area contributed by atoms with Gasteiger partial charge < -0.3 is 14.8 Å². The van der Waals surface area contributed by atoms with Gasteiger partial charge in [-0.25, -0.2) is 23.8 Å². The summed E-state index contributed by atoms with van der Waals surface area (Å²) in [6.45, 7) is 5.08. The first-order chi connectivity index (χ1) is 14.3. The molecule has 2 aromatic rings. The molecule has 2 aliphatic rings. The minimum absolute atomic E-state index is 0.0402. The Hall–Kier alpha value is -2.66. The monoisotopic (exact) mass is 434 g/mol. The van der Waals surface area contributed by atoms with Crippen molar-refractivity contribution in [1.82, 2.24) is 14.8 Å². The van der Waals surface area contributed by atoms with Crippen molar-refractivity contribution >= 4 is 21.6 Å². The Morgan fingerprint density at radius 1 is 1.37 bits per heavy atom. The van der Waals surface area contributed by atoms with Gasteiger partial charge in [-0.3, -0.25) is 0 Å². The predicted octanol–water partition coefficient (Wildman–Crippen LogP) is 2.61. The number of nitrogens with two attached hydrogens (primary N) is 1. The van der Waals surface area contributed by atoms with Crippen molar-refractivity contribution in [3.8, 4) is 11.8 Å². The van der Waals surface area contributed by atoms with E-state index in [9.17, 15) is 9.00 Å². The third-order valence-corrected chi connectivity index (χ3v) is 6.62. The minimum Gasteiger partial charge on any atom is -0.481 e. The summed E-state index contributed by atoms with van der Waals surface area (Å²) >= 11 is 0. The van der Waals surface area contributed by atoms with Crippen LogP contribution in [-0.4, -0.2) is 38.7 Å². The fraction of sp³-hybridized carbons (Fsp3) is 0.526. The number of aromatic nitrogens is 3. The summed E-state index contributed by atoms with van der Waals surface area (Å²) in [6, 6.07) is -0.791. The number of methoxy groups -OCH3 is 1. The summed E-state index contributed by atoms with van der Waals surface area (Å²) in [6.07, 6.45) is 4.73. The van der Waals surface area contributed by atoms with Gasteiger partial charge in [0.1, 0.15) is 4.90 Å². The molecule has 4 rings (SSSR count). The van der Waals surface area contributed by atoms with Gasteiger partial charge >= 0.3 is 6.03 Å². The highest BCUT2D eigenvalue weighted by molar-refractivity contribution is 7.91. The van der Waals surface area contributed by atoms with E-state index in [4.69, 9.17) is 14.6 Å². The van der Waals surface area contributed by atoms with Gasteiger partial charge in [0.05, 0.1) is 31.3 Å². The van der Waals surface area contributed by atoms with E-state index in [2.05, 4.69) is 19.8 Å². The van der Waals surface area contributed by atoms with Crippen molar-refractivity contribution in [2.45, 2.75) is 56.9 Å². The topological polar surface area (TPSA) is 134 Å². The molecule has 0 spiro atoms. The van der Waals surface area contributed by atoms with Gasteiger partial charge in [0, 0.05) is 18.5 Å². The minimum atomic E-state index is -3.53. The number of carbonyl (C=O) groups excluding carboxylic acids is 1. The van der Waals surface area contributed by atoms with E-state index in [1.165, 1.54) is 6.20 Å². The van der Waals surface area contributed by atoms with Crippen LogP contribution in [0.15, 0.2) is 15.5 Å². The normalized spacial score (nSPS) is 17.0. The lowest BCUT2D eigenvalue weighted by Crippen LogP contribution is -2.21. The SMILES string of the molecule is COc1nc(C(C)C)c(NC(=O)N=S(N)(=O)c2cnn3c2OCCC3)c2c1CCC2. The van der Waals surface area contributed by atoms with E-state index in [1.54, 1.807) is 11.8 Å². The number of carbonyl (C=O) groups is 1. The van der Waals surface area contributed by atoms with Crippen LogP contribution in [0.5, 0.6) is 11.8 Å². The number of ether oxygens (including phenoxy) is 2. The second kappa shape index (κ2) is 7.88. The van der Waals surface area contributed by atoms with Gasteiger partial charge in [0.25, 0.3) is 0 Å². The number of pyridine rings is 1. The average Bonchev–Trinajstić information content (AvgIpc) is 3.35. The molecular weight excluding hydrogens is 408 g/mol. The first-order valence-corrected chi connectivity index (χ1v) is 11.5. The zero-order valence-electron chi connectivity index (χ0n) is 17.3. The van der Waals surface area contributed by atoms with E-state index in [1.807, 2.05) is 13.8 Å². The summed E-state index contributed by atoms with van der Waals surface area (Å²) in [4.78, 5) is 17.5. The number of rotatable bonds is 4. The Labute approximate surface area is 175 Å². The molecule has 0 radical (unpaired) electrons. The summed E-state index contributed by atoms with van der Waals surface area (Å²) < 4.78 is 29.4. The number of nitrogens with one attached hydrogen (secondary N) is 1. The fourth-order valence-electron chi connectivity index (χ4n) is 3.92. The molecule has 1 aliphatic carbocycles. The highest BCUT2D eigenvalue weighted by Crippen LogP contribution is 2.39. The van der Waals surface area contributed by atoms with Crippen molar-refractivity contribution < 1.29 is 18.5 Å². The van der Waals surface area contributed by atoms with Crippen LogP contribution in [0.4, 0.5) is 10.5 Å². The van der Waals surface area contributed by atoms with Crippen LogP contribution < -0.4 is 19.9 Å². The van der Waals surface area contributed by atoms with Crippen molar-refractivity contribution in [2.24, 2.45) is 9.50 Å². The summed E-state index contributed by atoms with van der Waals surface area (Å²) in [5, 5.41) is 12.9. The van der Waals surface area contributed by atoms with E-state index in [-0.39, 0.29) is 10.8 Å². The molecule has 0 saturated carbocycles. The van der Waals surface area contributed by atoms with Gasteiger partial charge in [-0.1, -0.05) is 13.8 Å². The Bertz CT molecular complexity index is 1120. The Morgan fingerprint density at radius 3 is 2.87 bits per heavy atom. The van der Waals surface area contributed by atoms with E-state index < -0.39 is 15.9 Å². The zero-order valence-corrected chi connectivity index (χ0v) is 18.1. The molecule has 0 fully saturated rings. The molecule has 1 unspecified atom stereocenters. The molecule has 30 heavy (non-hydrogen) atoms. The smallest absolute Gasteiger partial charge is 0.354 e. The Kier molecular flexibility index (Phi) is 5.41. The Balaban J connectivity index is 1.70. The average molecular weight is 435 g/mol. The molecule has 1 aliphatic heterocycles. The molecular formula is C19H26N6O4S. The molecule has 2 aromatic heterocycles. The first-order valence-electron chi connectivity index (χ1n) is 9.96. The molecule has 3 heterocycles. The first kappa shape index (κ1) is 20.6. The van der Waals surface area contributed by atoms with Crippen molar-refractivity contribution in [2.75, 3.05) is 19.0 Å². The summed E-state index contributed by atoms with van der Waals surface area (Å²) in [5.74, 6) is 0.936. The lowest BCUT2D eigenvalue weighted by molar-refractivity contribution is 0.224. The molecule has 0 aromatic carbocycles. The summed E-state index contributed by atoms with van der Waals surface area (Å²) in [5.41, 5.74) is 3.29. The quantitative estimate of drug-likeness (QED) is 0.760. The van der Waals surface area contributed by atoms with Gasteiger partial charge in [-0.2, -0.15) is 5.10 Å². The van der Waals surface area contributed by atoms with Crippen LogP contribution in [0.3, 0.4) is 0 Å². The number of hydrogen-bond donors (Lipinski definition) is 2. The van der Waals surface area contributed by atoms with Crippen LogP contribution in [0, 0.1) is 0 Å². The number of aryl methyl sites for hydroxylation is 1. The maximum absolute atomic E-state index is 13.1. The second-order valence-corrected chi connectivity index (χ2v) is 9.44. The number of urea groups is 1. The van der Waals surface area contributed by atoms with Crippen molar-refractivity contribution in [3.05, 3.63) is 23.0 Å². The lowest BCUT2D eigenvalue weighted by atomic mass is 10.0. The maximum Gasteiger partial charge on any atom is 0.354 e. The molecule has 11 heteroatoms. The van der Waals surface area contributed by atoms with Crippen LogP contribution >= 0.6 is 0 Å². The Morgan fingerprint density at radius 2 is 2.13 bits per heavy atom. The third-order valence-electron chi connectivity index (χ3n) is 5.27. The second-order valence-electron chi connectivity index (χ2n) is 7.68. The summed E-state index contributed by atoms with van der Waals surface area (Å²) in [7, 11) is -1.93. The highest BCUT2D eigenvalue weighted by atomic mass is 32.2. The molecule has 10 nitrogen and oxygen atoms in total. The number of nitrogens with zero attached hydrogens (tertiary/aromatic N) is 4.